The van der Waals surface area contributed by atoms with Gasteiger partial charge >= 0.3 is 0 Å². The summed E-state index contributed by atoms with van der Waals surface area (Å²) in [7, 11) is 0. The zero-order chi connectivity index (χ0) is 20.8. The number of nitrogens with zero attached hydrogens (tertiary/aromatic N) is 1. The van der Waals surface area contributed by atoms with E-state index >= 15 is 0 Å². The normalized spacial score (nSPS) is 18.1. The Labute approximate surface area is 176 Å². The van der Waals surface area contributed by atoms with Crippen LogP contribution in [0.25, 0.3) is 6.08 Å². The van der Waals surface area contributed by atoms with E-state index in [1.54, 1.807) is 24.3 Å². The van der Waals surface area contributed by atoms with Crippen LogP contribution >= 0.6 is 0 Å². The van der Waals surface area contributed by atoms with Crippen molar-refractivity contribution in [3.05, 3.63) is 65.4 Å². The summed E-state index contributed by atoms with van der Waals surface area (Å²) >= 11 is 0. The molecule has 0 saturated carbocycles. The molecule has 2 heterocycles. The minimum atomic E-state index is -0.329. The first-order valence-corrected chi connectivity index (χ1v) is 10.6. The molecule has 2 aliphatic rings. The first kappa shape index (κ1) is 20.2. The summed E-state index contributed by atoms with van der Waals surface area (Å²) in [5.74, 6) is 0.277. The van der Waals surface area contributed by atoms with E-state index in [0.717, 1.165) is 25.2 Å². The molecule has 2 aliphatic heterocycles. The Kier molecular flexibility index (Phi) is 6.44. The summed E-state index contributed by atoms with van der Waals surface area (Å²) in [6.45, 7) is 3.70. The molecule has 0 atom stereocenters. The number of ether oxygens (including phenoxy) is 1. The monoisotopic (exact) mass is 405 g/mol. The third kappa shape index (κ3) is 5.07. The number of carbonyl (C=O) groups is 2. The molecule has 2 amide bonds. The number of hydrogen-bond donors (Lipinski definition) is 2. The van der Waals surface area contributed by atoms with Crippen molar-refractivity contribution in [1.29, 1.82) is 0 Å². The summed E-state index contributed by atoms with van der Waals surface area (Å²) in [5, 5.41) is 5.80. The third-order valence-corrected chi connectivity index (χ3v) is 5.44. The van der Waals surface area contributed by atoms with E-state index in [9.17, 15) is 9.59 Å². The van der Waals surface area contributed by atoms with E-state index in [4.69, 9.17) is 4.74 Å². The molecule has 1 fully saturated rings. The summed E-state index contributed by atoms with van der Waals surface area (Å²) in [6.07, 6.45) is 6.77. The number of amides is 2. The minimum absolute atomic E-state index is 0.146. The maximum absolute atomic E-state index is 12.5. The average Bonchev–Trinajstić information content (AvgIpc) is 3.03. The summed E-state index contributed by atoms with van der Waals surface area (Å²) in [5.41, 5.74) is 1.89. The number of anilines is 1. The molecule has 6 heteroatoms. The van der Waals surface area contributed by atoms with Crippen molar-refractivity contribution in [2.24, 2.45) is 0 Å². The smallest absolute Gasteiger partial charge is 0.291 e. The molecule has 0 aromatic heterocycles. The zero-order valence-electron chi connectivity index (χ0n) is 17.0. The maximum atomic E-state index is 12.5. The van der Waals surface area contributed by atoms with Gasteiger partial charge in [0.05, 0.1) is 5.69 Å². The highest BCUT2D eigenvalue weighted by Gasteiger charge is 2.23. The lowest BCUT2D eigenvalue weighted by atomic mass is 10.1. The molecule has 0 bridgehead atoms. The van der Waals surface area contributed by atoms with Crippen LogP contribution in [0.5, 0.6) is 5.75 Å². The number of nitrogens with one attached hydrogen (secondary N) is 2. The lowest BCUT2D eigenvalue weighted by Gasteiger charge is -2.21. The standard InChI is InChI=1S/C24H27N3O3/c28-23(25-12-15-27-13-6-1-2-7-14-27)19-10-11-21-20(17-19)26-24(29)22(30-21)16-18-8-4-3-5-9-18/h3-5,8-11,16-17H,1-2,6-7,12-15H2,(H,25,28)(H,26,29). The third-order valence-electron chi connectivity index (χ3n) is 5.44. The molecular formula is C24H27N3O3. The van der Waals surface area contributed by atoms with Gasteiger partial charge in [0, 0.05) is 18.7 Å². The molecule has 156 valence electrons. The van der Waals surface area contributed by atoms with Crippen molar-refractivity contribution < 1.29 is 14.3 Å². The lowest BCUT2D eigenvalue weighted by molar-refractivity contribution is -0.115. The Morgan fingerprint density at radius 3 is 2.60 bits per heavy atom. The summed E-state index contributed by atoms with van der Waals surface area (Å²) in [6, 6.07) is 14.6. The van der Waals surface area contributed by atoms with Gasteiger partial charge in [-0.25, -0.2) is 0 Å². The van der Waals surface area contributed by atoms with E-state index in [1.165, 1.54) is 25.7 Å². The fraction of sp³-hybridized carbons (Fsp3) is 0.333. The van der Waals surface area contributed by atoms with E-state index < -0.39 is 0 Å². The predicted molar refractivity (Wildman–Crippen MR) is 117 cm³/mol. The maximum Gasteiger partial charge on any atom is 0.291 e. The second kappa shape index (κ2) is 9.59. The molecule has 0 radical (unpaired) electrons. The molecule has 2 N–H and O–H groups in total. The number of hydrogen-bond acceptors (Lipinski definition) is 4. The highest BCUT2D eigenvalue weighted by atomic mass is 16.5. The number of likely N-dealkylation sites (tertiary alicyclic amines) is 1. The fourth-order valence-electron chi connectivity index (χ4n) is 3.79. The van der Waals surface area contributed by atoms with Crippen LogP contribution in [0.2, 0.25) is 0 Å². The van der Waals surface area contributed by atoms with Crippen molar-refractivity contribution in [3.8, 4) is 5.75 Å². The Balaban J connectivity index is 1.37. The molecule has 30 heavy (non-hydrogen) atoms. The summed E-state index contributed by atoms with van der Waals surface area (Å²) in [4.78, 5) is 27.4. The fourth-order valence-corrected chi connectivity index (χ4v) is 3.79. The van der Waals surface area contributed by atoms with Gasteiger partial charge in [0.2, 0.25) is 0 Å². The number of carbonyl (C=O) groups excluding carboxylic acids is 2. The topological polar surface area (TPSA) is 70.7 Å². The highest BCUT2D eigenvalue weighted by molar-refractivity contribution is 6.09. The van der Waals surface area contributed by atoms with Gasteiger partial charge in [0.15, 0.2) is 11.5 Å². The summed E-state index contributed by atoms with van der Waals surface area (Å²) < 4.78 is 5.77. The second-order valence-corrected chi connectivity index (χ2v) is 7.70. The SMILES string of the molecule is O=C1Nc2cc(C(=O)NCCN3CCCCCC3)ccc2OC1=Cc1ccccc1. The molecule has 0 aliphatic carbocycles. The molecule has 4 rings (SSSR count). The average molecular weight is 405 g/mol. The van der Waals surface area contributed by atoms with Crippen LogP contribution in [0, 0.1) is 0 Å². The van der Waals surface area contributed by atoms with Gasteiger partial charge in [-0.05, 0) is 55.8 Å². The number of fused-ring (bicyclic) bond motifs is 1. The van der Waals surface area contributed by atoms with Crippen molar-refractivity contribution in [1.82, 2.24) is 10.2 Å². The second-order valence-electron chi connectivity index (χ2n) is 7.70. The Morgan fingerprint density at radius 2 is 1.83 bits per heavy atom. The van der Waals surface area contributed by atoms with E-state index in [1.807, 2.05) is 30.3 Å². The number of benzene rings is 2. The molecule has 0 unspecified atom stereocenters. The van der Waals surface area contributed by atoms with Crippen LogP contribution in [0.3, 0.4) is 0 Å². The van der Waals surface area contributed by atoms with Gasteiger partial charge in [-0.15, -0.1) is 0 Å². The van der Waals surface area contributed by atoms with Crippen molar-refractivity contribution >= 4 is 23.6 Å². The molecule has 1 saturated heterocycles. The van der Waals surface area contributed by atoms with Gasteiger partial charge < -0.3 is 20.3 Å². The Morgan fingerprint density at radius 1 is 1.07 bits per heavy atom. The molecular weight excluding hydrogens is 378 g/mol. The van der Waals surface area contributed by atoms with Crippen molar-refractivity contribution in [2.45, 2.75) is 25.7 Å². The number of rotatable bonds is 5. The van der Waals surface area contributed by atoms with E-state index in [0.29, 0.717) is 23.5 Å². The lowest BCUT2D eigenvalue weighted by Crippen LogP contribution is -2.35. The molecule has 2 aromatic carbocycles. The highest BCUT2D eigenvalue weighted by Crippen LogP contribution is 2.32. The van der Waals surface area contributed by atoms with Crippen LogP contribution < -0.4 is 15.4 Å². The zero-order valence-corrected chi connectivity index (χ0v) is 17.0. The predicted octanol–water partition coefficient (Wildman–Crippen LogP) is 3.66. The largest absolute Gasteiger partial charge is 0.449 e. The van der Waals surface area contributed by atoms with Gasteiger partial charge in [0.1, 0.15) is 0 Å². The Hall–Kier alpha value is -3.12. The quantitative estimate of drug-likeness (QED) is 0.745. The van der Waals surface area contributed by atoms with Crippen LogP contribution in [-0.2, 0) is 4.79 Å². The Bertz CT molecular complexity index is 932. The van der Waals surface area contributed by atoms with Gasteiger partial charge in [0.25, 0.3) is 11.8 Å². The molecule has 0 spiro atoms. The van der Waals surface area contributed by atoms with Crippen molar-refractivity contribution in [2.75, 3.05) is 31.5 Å². The molecule has 2 aromatic rings. The van der Waals surface area contributed by atoms with E-state index in [2.05, 4.69) is 15.5 Å². The molecule has 6 nitrogen and oxygen atoms in total. The van der Waals surface area contributed by atoms with Crippen molar-refractivity contribution in [3.63, 3.8) is 0 Å². The first-order chi connectivity index (χ1) is 14.7. The first-order valence-electron chi connectivity index (χ1n) is 10.6. The van der Waals surface area contributed by atoms with Crippen LogP contribution in [0.4, 0.5) is 5.69 Å². The van der Waals surface area contributed by atoms with Gasteiger partial charge in [-0.3, -0.25) is 9.59 Å². The van der Waals surface area contributed by atoms with Crippen LogP contribution in [0.15, 0.2) is 54.3 Å². The minimum Gasteiger partial charge on any atom is -0.449 e. The van der Waals surface area contributed by atoms with Gasteiger partial charge in [-0.2, -0.15) is 0 Å². The van der Waals surface area contributed by atoms with Gasteiger partial charge in [-0.1, -0.05) is 43.2 Å². The van der Waals surface area contributed by atoms with Crippen LogP contribution in [-0.4, -0.2) is 42.9 Å². The van der Waals surface area contributed by atoms with E-state index in [-0.39, 0.29) is 17.6 Å². The van der Waals surface area contributed by atoms with Crippen LogP contribution in [0.1, 0.15) is 41.6 Å².